The Morgan fingerprint density at radius 3 is 2.75 bits per heavy atom. The minimum Gasteiger partial charge on any atom is -0.437 e. The first kappa shape index (κ1) is 10.5. The van der Waals surface area contributed by atoms with Crippen LogP contribution in [0.25, 0.3) is 0 Å². The van der Waals surface area contributed by atoms with Gasteiger partial charge in [0.25, 0.3) is 0 Å². The second kappa shape index (κ2) is 4.23. The molecule has 0 spiro atoms. The molecular formula is C13H14N2O. The predicted molar refractivity (Wildman–Crippen MR) is 64.6 cm³/mol. The fourth-order valence-corrected chi connectivity index (χ4v) is 1.41. The van der Waals surface area contributed by atoms with Gasteiger partial charge in [0, 0.05) is 6.20 Å². The Morgan fingerprint density at radius 2 is 2.00 bits per heavy atom. The highest BCUT2D eigenvalue weighted by atomic mass is 16.5. The van der Waals surface area contributed by atoms with Gasteiger partial charge in [-0.15, -0.1) is 0 Å². The Kier molecular flexibility index (Phi) is 2.77. The summed E-state index contributed by atoms with van der Waals surface area (Å²) in [5, 5.41) is 0. The zero-order chi connectivity index (χ0) is 11.5. The van der Waals surface area contributed by atoms with Crippen molar-refractivity contribution in [3.8, 4) is 11.6 Å². The average Bonchev–Trinajstić information content (AvgIpc) is 2.27. The number of hydrogen-bond acceptors (Lipinski definition) is 3. The molecule has 16 heavy (non-hydrogen) atoms. The van der Waals surface area contributed by atoms with E-state index in [0.717, 1.165) is 16.9 Å². The van der Waals surface area contributed by atoms with Crippen molar-refractivity contribution in [3.63, 3.8) is 0 Å². The monoisotopic (exact) mass is 214 g/mol. The van der Waals surface area contributed by atoms with Gasteiger partial charge in [0.05, 0.1) is 5.69 Å². The molecule has 1 heterocycles. The maximum absolute atomic E-state index is 5.77. The van der Waals surface area contributed by atoms with E-state index in [1.807, 2.05) is 32.0 Å². The number of anilines is 1. The van der Waals surface area contributed by atoms with Gasteiger partial charge < -0.3 is 10.5 Å². The highest BCUT2D eigenvalue weighted by Gasteiger charge is 2.05. The molecule has 3 nitrogen and oxygen atoms in total. The number of nitrogen functional groups attached to an aromatic ring is 1. The van der Waals surface area contributed by atoms with Crippen LogP contribution >= 0.6 is 0 Å². The van der Waals surface area contributed by atoms with Gasteiger partial charge in [0.15, 0.2) is 0 Å². The van der Waals surface area contributed by atoms with Crippen molar-refractivity contribution in [2.75, 3.05) is 5.73 Å². The number of rotatable bonds is 2. The first-order valence-electron chi connectivity index (χ1n) is 5.12. The molecule has 0 saturated carbocycles. The third kappa shape index (κ3) is 2.14. The van der Waals surface area contributed by atoms with E-state index in [2.05, 4.69) is 4.98 Å². The lowest BCUT2D eigenvalue weighted by atomic mass is 10.1. The van der Waals surface area contributed by atoms with E-state index in [1.54, 1.807) is 18.3 Å². The van der Waals surface area contributed by atoms with Crippen molar-refractivity contribution < 1.29 is 4.74 Å². The molecule has 0 fully saturated rings. The Morgan fingerprint density at radius 1 is 1.19 bits per heavy atom. The van der Waals surface area contributed by atoms with E-state index in [4.69, 9.17) is 10.5 Å². The highest BCUT2D eigenvalue weighted by molar-refractivity contribution is 5.50. The number of pyridine rings is 1. The van der Waals surface area contributed by atoms with Crippen LogP contribution in [0.3, 0.4) is 0 Å². The summed E-state index contributed by atoms with van der Waals surface area (Å²) in [6.45, 7) is 4.02. The number of nitrogens with two attached hydrogens (primary N) is 1. The van der Waals surface area contributed by atoms with Crippen LogP contribution in [0.1, 0.15) is 11.1 Å². The Bertz CT molecular complexity index is 509. The van der Waals surface area contributed by atoms with Gasteiger partial charge in [0.2, 0.25) is 5.88 Å². The molecule has 1 aromatic heterocycles. The number of ether oxygens (including phenoxy) is 1. The lowest BCUT2D eigenvalue weighted by molar-refractivity contribution is 0.462. The van der Waals surface area contributed by atoms with Crippen LogP contribution < -0.4 is 10.5 Å². The summed E-state index contributed by atoms with van der Waals surface area (Å²) in [6, 6.07) is 9.59. The summed E-state index contributed by atoms with van der Waals surface area (Å²) >= 11 is 0. The van der Waals surface area contributed by atoms with E-state index < -0.39 is 0 Å². The van der Waals surface area contributed by atoms with Gasteiger partial charge in [0.1, 0.15) is 5.75 Å². The van der Waals surface area contributed by atoms with Crippen LogP contribution in [0.5, 0.6) is 11.6 Å². The minimum absolute atomic E-state index is 0.455. The Hall–Kier alpha value is -2.03. The van der Waals surface area contributed by atoms with E-state index >= 15 is 0 Å². The molecule has 0 saturated heterocycles. The van der Waals surface area contributed by atoms with Gasteiger partial charge in [-0.2, -0.15) is 0 Å². The van der Waals surface area contributed by atoms with Gasteiger partial charge in [-0.05, 0) is 43.2 Å². The number of benzene rings is 1. The lowest BCUT2D eigenvalue weighted by Gasteiger charge is -2.09. The highest BCUT2D eigenvalue weighted by Crippen LogP contribution is 2.27. The standard InChI is InChI=1S/C13H14N2O/c1-9-5-6-10(2)12(8-9)16-13-11(14)4-3-7-15-13/h3-8H,14H2,1-2H3. The van der Waals surface area contributed by atoms with Crippen molar-refractivity contribution in [3.05, 3.63) is 47.7 Å². The van der Waals surface area contributed by atoms with Crippen molar-refractivity contribution in [1.29, 1.82) is 0 Å². The minimum atomic E-state index is 0.455. The van der Waals surface area contributed by atoms with Crippen LogP contribution in [0.15, 0.2) is 36.5 Å². The summed E-state index contributed by atoms with van der Waals surface area (Å²) in [5.74, 6) is 1.25. The SMILES string of the molecule is Cc1ccc(C)c(Oc2ncccc2N)c1. The third-order valence-electron chi connectivity index (χ3n) is 2.35. The van der Waals surface area contributed by atoms with Crippen LogP contribution in [-0.4, -0.2) is 4.98 Å². The van der Waals surface area contributed by atoms with E-state index in [1.165, 1.54) is 0 Å². The topological polar surface area (TPSA) is 48.1 Å². The molecule has 0 aliphatic rings. The summed E-state index contributed by atoms with van der Waals surface area (Å²) < 4.78 is 5.68. The van der Waals surface area contributed by atoms with Gasteiger partial charge in [-0.25, -0.2) is 4.98 Å². The third-order valence-corrected chi connectivity index (χ3v) is 2.35. The van der Waals surface area contributed by atoms with Gasteiger partial charge in [-0.1, -0.05) is 12.1 Å². The van der Waals surface area contributed by atoms with Crippen molar-refractivity contribution in [2.45, 2.75) is 13.8 Å². The molecule has 0 amide bonds. The normalized spacial score (nSPS) is 10.1. The van der Waals surface area contributed by atoms with Gasteiger partial charge >= 0.3 is 0 Å². The van der Waals surface area contributed by atoms with Gasteiger partial charge in [-0.3, -0.25) is 0 Å². The van der Waals surface area contributed by atoms with Crippen molar-refractivity contribution in [1.82, 2.24) is 4.98 Å². The molecule has 82 valence electrons. The molecule has 0 unspecified atom stereocenters. The van der Waals surface area contributed by atoms with E-state index in [9.17, 15) is 0 Å². The second-order valence-electron chi connectivity index (χ2n) is 3.77. The average molecular weight is 214 g/mol. The van der Waals surface area contributed by atoms with E-state index in [-0.39, 0.29) is 0 Å². The predicted octanol–water partition coefficient (Wildman–Crippen LogP) is 3.07. The molecule has 3 heteroatoms. The lowest BCUT2D eigenvalue weighted by Crippen LogP contribution is -1.95. The van der Waals surface area contributed by atoms with Crippen molar-refractivity contribution >= 4 is 5.69 Å². The molecule has 2 rings (SSSR count). The van der Waals surface area contributed by atoms with Crippen LogP contribution in [0.2, 0.25) is 0 Å². The summed E-state index contributed by atoms with van der Waals surface area (Å²) in [6.07, 6.45) is 1.66. The fraction of sp³-hybridized carbons (Fsp3) is 0.154. The van der Waals surface area contributed by atoms with Crippen LogP contribution in [0, 0.1) is 13.8 Å². The second-order valence-corrected chi connectivity index (χ2v) is 3.77. The fourth-order valence-electron chi connectivity index (χ4n) is 1.41. The summed E-state index contributed by atoms with van der Waals surface area (Å²) in [4.78, 5) is 4.10. The molecule has 0 aliphatic heterocycles. The molecular weight excluding hydrogens is 200 g/mol. The molecule has 0 atom stereocenters. The first-order chi connectivity index (χ1) is 7.66. The number of aromatic nitrogens is 1. The smallest absolute Gasteiger partial charge is 0.242 e. The number of nitrogens with zero attached hydrogens (tertiary/aromatic N) is 1. The molecule has 2 N–H and O–H groups in total. The van der Waals surface area contributed by atoms with Crippen LogP contribution in [-0.2, 0) is 0 Å². The number of aryl methyl sites for hydroxylation is 2. The summed E-state index contributed by atoms with van der Waals surface area (Å²) in [7, 11) is 0. The largest absolute Gasteiger partial charge is 0.437 e. The van der Waals surface area contributed by atoms with Crippen LogP contribution in [0.4, 0.5) is 5.69 Å². The molecule has 0 bridgehead atoms. The number of hydrogen-bond donors (Lipinski definition) is 1. The maximum Gasteiger partial charge on any atom is 0.242 e. The van der Waals surface area contributed by atoms with Crippen molar-refractivity contribution in [2.24, 2.45) is 0 Å². The maximum atomic E-state index is 5.77. The Labute approximate surface area is 94.9 Å². The molecule has 1 aromatic carbocycles. The quantitative estimate of drug-likeness (QED) is 0.835. The van der Waals surface area contributed by atoms with E-state index in [0.29, 0.717) is 11.6 Å². The molecule has 0 radical (unpaired) electrons. The Balaban J connectivity index is 2.34. The zero-order valence-electron chi connectivity index (χ0n) is 9.40. The summed E-state index contributed by atoms with van der Waals surface area (Å²) in [5.41, 5.74) is 8.53. The first-order valence-corrected chi connectivity index (χ1v) is 5.12. The molecule has 2 aromatic rings. The zero-order valence-corrected chi connectivity index (χ0v) is 9.40. The molecule has 0 aliphatic carbocycles.